The second-order valence-corrected chi connectivity index (χ2v) is 9.15. The van der Waals surface area contributed by atoms with Gasteiger partial charge < -0.3 is 4.57 Å². The molecule has 0 saturated carbocycles. The van der Waals surface area contributed by atoms with Gasteiger partial charge in [-0.25, -0.2) is 4.98 Å². The molecule has 0 aliphatic carbocycles. The summed E-state index contributed by atoms with van der Waals surface area (Å²) in [6.45, 7) is 0. The zero-order chi connectivity index (χ0) is 24.6. The highest BCUT2D eigenvalue weighted by Crippen LogP contribution is 2.34. The second kappa shape index (κ2) is 8.89. The van der Waals surface area contributed by atoms with Crippen LogP contribution in [0.1, 0.15) is 0 Å². The number of hydrogen-bond donors (Lipinski definition) is 0. The predicted octanol–water partition coefficient (Wildman–Crippen LogP) is 8.57. The van der Waals surface area contributed by atoms with Crippen LogP contribution in [0.3, 0.4) is 0 Å². The summed E-state index contributed by atoms with van der Waals surface area (Å²) < 4.78 is 2.31. The maximum atomic E-state index is 5.02. The summed E-state index contributed by atoms with van der Waals surface area (Å²) in [4.78, 5) is 9.39. The average molecular weight is 474 g/mol. The third kappa shape index (κ3) is 3.78. The molecular formula is C34H23N3. The summed E-state index contributed by atoms with van der Waals surface area (Å²) in [6.07, 6.45) is 3.81. The van der Waals surface area contributed by atoms with E-state index in [0.29, 0.717) is 0 Å². The van der Waals surface area contributed by atoms with Crippen LogP contribution < -0.4 is 0 Å². The second-order valence-electron chi connectivity index (χ2n) is 9.15. The zero-order valence-corrected chi connectivity index (χ0v) is 20.1. The molecule has 0 bridgehead atoms. The SMILES string of the molecule is c1ccc(-c2cc(-c3ccc(-n4c5ccccc5c5cnccc54)cc3)cc(-c3ccccc3)n2)cc1. The van der Waals surface area contributed by atoms with Crippen LogP contribution >= 0.6 is 0 Å². The first-order chi connectivity index (χ1) is 18.3. The highest BCUT2D eigenvalue weighted by molar-refractivity contribution is 6.08. The predicted molar refractivity (Wildman–Crippen MR) is 153 cm³/mol. The Balaban J connectivity index is 1.37. The van der Waals surface area contributed by atoms with Crippen molar-refractivity contribution in [2.75, 3.05) is 0 Å². The van der Waals surface area contributed by atoms with Crippen LogP contribution in [0.4, 0.5) is 0 Å². The molecule has 0 N–H and O–H groups in total. The number of hydrogen-bond acceptors (Lipinski definition) is 2. The molecule has 3 aromatic heterocycles. The lowest BCUT2D eigenvalue weighted by Crippen LogP contribution is -1.94. The molecule has 0 saturated heterocycles. The van der Waals surface area contributed by atoms with Crippen molar-refractivity contribution in [3.8, 4) is 39.3 Å². The van der Waals surface area contributed by atoms with Crippen LogP contribution in [0.5, 0.6) is 0 Å². The third-order valence-electron chi connectivity index (χ3n) is 6.90. The lowest BCUT2D eigenvalue weighted by Gasteiger charge is -2.12. The summed E-state index contributed by atoms with van der Waals surface area (Å²) in [5, 5.41) is 2.38. The van der Waals surface area contributed by atoms with Crippen molar-refractivity contribution in [1.29, 1.82) is 0 Å². The van der Waals surface area contributed by atoms with Crippen LogP contribution in [-0.4, -0.2) is 14.5 Å². The van der Waals surface area contributed by atoms with Gasteiger partial charge in [-0.15, -0.1) is 0 Å². The van der Waals surface area contributed by atoms with Crippen molar-refractivity contribution in [3.05, 3.63) is 140 Å². The molecule has 0 radical (unpaired) electrons. The molecule has 0 amide bonds. The number of benzene rings is 4. The van der Waals surface area contributed by atoms with E-state index in [1.54, 1.807) is 0 Å². The van der Waals surface area contributed by atoms with E-state index in [0.717, 1.165) is 50.2 Å². The van der Waals surface area contributed by atoms with Crippen LogP contribution in [0.15, 0.2) is 140 Å². The van der Waals surface area contributed by atoms with Crippen LogP contribution in [0.25, 0.3) is 61.1 Å². The Bertz CT molecular complexity index is 1740. The van der Waals surface area contributed by atoms with Gasteiger partial charge in [-0.1, -0.05) is 91.0 Å². The van der Waals surface area contributed by atoms with E-state index >= 15 is 0 Å². The van der Waals surface area contributed by atoms with Crippen molar-refractivity contribution in [3.63, 3.8) is 0 Å². The Labute approximate surface area is 215 Å². The van der Waals surface area contributed by atoms with E-state index in [9.17, 15) is 0 Å². The van der Waals surface area contributed by atoms with E-state index in [1.807, 2.05) is 24.5 Å². The number of nitrogens with zero attached hydrogens (tertiary/aromatic N) is 3. The zero-order valence-electron chi connectivity index (χ0n) is 20.1. The summed E-state index contributed by atoms with van der Waals surface area (Å²) in [5.41, 5.74) is 9.92. The molecule has 0 aliphatic rings. The normalized spacial score (nSPS) is 11.2. The Hall–Kier alpha value is -5.02. The van der Waals surface area contributed by atoms with Gasteiger partial charge in [0.25, 0.3) is 0 Å². The minimum atomic E-state index is 0.968. The van der Waals surface area contributed by atoms with Crippen molar-refractivity contribution in [2.45, 2.75) is 0 Å². The molecule has 4 aromatic carbocycles. The van der Waals surface area contributed by atoms with Gasteiger partial charge in [0.1, 0.15) is 0 Å². The monoisotopic (exact) mass is 473 g/mol. The van der Waals surface area contributed by atoms with Crippen molar-refractivity contribution in [1.82, 2.24) is 14.5 Å². The summed E-state index contributed by atoms with van der Waals surface area (Å²) >= 11 is 0. The number of pyridine rings is 2. The molecular weight excluding hydrogens is 450 g/mol. The first-order valence-electron chi connectivity index (χ1n) is 12.4. The average Bonchev–Trinajstić information content (AvgIpc) is 3.32. The number of para-hydroxylation sites is 1. The Morgan fingerprint density at radius 2 is 1.05 bits per heavy atom. The molecule has 37 heavy (non-hydrogen) atoms. The van der Waals surface area contributed by atoms with Crippen molar-refractivity contribution >= 4 is 21.8 Å². The van der Waals surface area contributed by atoms with Gasteiger partial charge in [-0.05, 0) is 47.5 Å². The number of rotatable bonds is 4. The molecule has 7 aromatic rings. The van der Waals surface area contributed by atoms with Gasteiger partial charge in [0, 0.05) is 40.0 Å². The molecule has 174 valence electrons. The Morgan fingerprint density at radius 3 is 1.73 bits per heavy atom. The fourth-order valence-corrected chi connectivity index (χ4v) is 5.11. The summed E-state index contributed by atoms with van der Waals surface area (Å²) in [5.74, 6) is 0. The molecule has 0 spiro atoms. The van der Waals surface area contributed by atoms with E-state index in [-0.39, 0.29) is 0 Å². The molecule has 0 fully saturated rings. The molecule has 3 heteroatoms. The van der Waals surface area contributed by atoms with Gasteiger partial charge >= 0.3 is 0 Å². The van der Waals surface area contributed by atoms with Gasteiger partial charge in [-0.2, -0.15) is 0 Å². The molecule has 0 atom stereocenters. The maximum Gasteiger partial charge on any atom is 0.0715 e. The first-order valence-corrected chi connectivity index (χ1v) is 12.4. The Morgan fingerprint density at radius 1 is 0.459 bits per heavy atom. The maximum absolute atomic E-state index is 5.02. The fraction of sp³-hybridized carbons (Fsp3) is 0. The van der Waals surface area contributed by atoms with Crippen molar-refractivity contribution < 1.29 is 0 Å². The molecule has 3 heterocycles. The standard InChI is InChI=1S/C34H23N3/c1-3-9-25(10-4-1)31-21-27(22-32(36-31)26-11-5-2-6-12-26)24-15-17-28(18-16-24)37-33-14-8-7-13-29(33)30-23-35-20-19-34(30)37/h1-23H. The molecule has 7 rings (SSSR count). The number of fused-ring (bicyclic) bond motifs is 3. The lowest BCUT2D eigenvalue weighted by molar-refractivity contribution is 1.17. The topological polar surface area (TPSA) is 30.7 Å². The van der Waals surface area contributed by atoms with Crippen LogP contribution in [0.2, 0.25) is 0 Å². The largest absolute Gasteiger partial charge is 0.309 e. The van der Waals surface area contributed by atoms with Gasteiger partial charge in [0.2, 0.25) is 0 Å². The fourth-order valence-electron chi connectivity index (χ4n) is 5.11. The van der Waals surface area contributed by atoms with Crippen molar-refractivity contribution in [2.24, 2.45) is 0 Å². The molecule has 0 aliphatic heterocycles. The van der Waals surface area contributed by atoms with E-state index in [1.165, 1.54) is 10.9 Å². The van der Waals surface area contributed by atoms with Crippen LogP contribution in [0, 0.1) is 0 Å². The van der Waals surface area contributed by atoms with Gasteiger partial charge in [0.15, 0.2) is 0 Å². The van der Waals surface area contributed by atoms with E-state index in [2.05, 4.69) is 125 Å². The number of aromatic nitrogens is 3. The van der Waals surface area contributed by atoms with Gasteiger partial charge in [0.05, 0.1) is 22.4 Å². The molecule has 0 unspecified atom stereocenters. The van der Waals surface area contributed by atoms with E-state index < -0.39 is 0 Å². The highest BCUT2D eigenvalue weighted by Gasteiger charge is 2.13. The van der Waals surface area contributed by atoms with E-state index in [4.69, 9.17) is 4.98 Å². The third-order valence-corrected chi connectivity index (χ3v) is 6.90. The van der Waals surface area contributed by atoms with Gasteiger partial charge in [-0.3, -0.25) is 4.98 Å². The Kier molecular flexibility index (Phi) is 5.11. The highest BCUT2D eigenvalue weighted by atomic mass is 15.0. The quantitative estimate of drug-likeness (QED) is 0.256. The summed E-state index contributed by atoms with van der Waals surface area (Å²) in [6, 6.07) is 44.5. The minimum Gasteiger partial charge on any atom is -0.309 e. The lowest BCUT2D eigenvalue weighted by atomic mass is 10.00. The van der Waals surface area contributed by atoms with Crippen LogP contribution in [-0.2, 0) is 0 Å². The smallest absolute Gasteiger partial charge is 0.0715 e. The first kappa shape index (κ1) is 21.3. The summed E-state index contributed by atoms with van der Waals surface area (Å²) in [7, 11) is 0. The molecule has 3 nitrogen and oxygen atoms in total. The minimum absolute atomic E-state index is 0.968.